The number of hydrogen-bond donors (Lipinski definition) is 3. The van der Waals surface area contributed by atoms with Crippen LogP contribution in [0.4, 0.5) is 4.79 Å². The zero-order chi connectivity index (χ0) is 8.69. The summed E-state index contributed by atoms with van der Waals surface area (Å²) in [5.74, 6) is 0. The smallest absolute Gasteiger partial charge is 0.404 e. The molecule has 0 aliphatic heterocycles. The fourth-order valence-electron chi connectivity index (χ4n) is 0.662. The first-order valence-corrected chi connectivity index (χ1v) is 3.27. The summed E-state index contributed by atoms with van der Waals surface area (Å²) in [6, 6.07) is 1.62. The van der Waals surface area contributed by atoms with E-state index >= 15 is 0 Å². The molecule has 5 heteroatoms. The zero-order valence-corrected chi connectivity index (χ0v) is 6.08. The van der Waals surface area contributed by atoms with Crippen LogP contribution in [0.2, 0.25) is 0 Å². The molecule has 0 aliphatic carbocycles. The van der Waals surface area contributed by atoms with Crippen molar-refractivity contribution >= 4 is 6.09 Å². The topological polar surface area (TPSA) is 99.1 Å². The largest absolute Gasteiger partial charge is 0.465 e. The second kappa shape index (κ2) is 5.50. The van der Waals surface area contributed by atoms with Crippen LogP contribution in [-0.4, -0.2) is 23.8 Å². The standard InChI is InChI=1S/C6H11N3O2/c7-3-1-2-5(4-8)9-6(10)11/h5,9H,1-2,4,8H2,(H,10,11). The highest BCUT2D eigenvalue weighted by atomic mass is 16.4. The predicted molar refractivity (Wildman–Crippen MR) is 38.8 cm³/mol. The van der Waals surface area contributed by atoms with E-state index < -0.39 is 6.09 Å². The van der Waals surface area contributed by atoms with E-state index in [0.717, 1.165) is 0 Å². The van der Waals surface area contributed by atoms with E-state index in [1.165, 1.54) is 0 Å². The lowest BCUT2D eigenvalue weighted by atomic mass is 10.2. The molecule has 1 atom stereocenters. The van der Waals surface area contributed by atoms with Gasteiger partial charge in [-0.25, -0.2) is 4.79 Å². The van der Waals surface area contributed by atoms with Gasteiger partial charge in [0.05, 0.1) is 6.07 Å². The Hall–Kier alpha value is -1.28. The number of rotatable bonds is 4. The van der Waals surface area contributed by atoms with Crippen LogP contribution >= 0.6 is 0 Å². The molecule has 4 N–H and O–H groups in total. The van der Waals surface area contributed by atoms with E-state index in [2.05, 4.69) is 5.32 Å². The molecule has 5 nitrogen and oxygen atoms in total. The van der Waals surface area contributed by atoms with Gasteiger partial charge in [-0.15, -0.1) is 0 Å². The molecule has 0 aromatic carbocycles. The van der Waals surface area contributed by atoms with Crippen molar-refractivity contribution in [3.05, 3.63) is 0 Å². The summed E-state index contributed by atoms with van der Waals surface area (Å²) in [5.41, 5.74) is 5.23. The van der Waals surface area contributed by atoms with Crippen molar-refractivity contribution in [3.8, 4) is 6.07 Å². The molecular formula is C6H11N3O2. The van der Waals surface area contributed by atoms with Gasteiger partial charge in [-0.05, 0) is 6.42 Å². The van der Waals surface area contributed by atoms with Crippen LogP contribution < -0.4 is 11.1 Å². The molecule has 0 heterocycles. The summed E-state index contributed by atoms with van der Waals surface area (Å²) in [7, 11) is 0. The van der Waals surface area contributed by atoms with Gasteiger partial charge in [0, 0.05) is 19.0 Å². The van der Waals surface area contributed by atoms with Crippen LogP contribution in [0.3, 0.4) is 0 Å². The molecule has 1 unspecified atom stereocenters. The monoisotopic (exact) mass is 157 g/mol. The van der Waals surface area contributed by atoms with Gasteiger partial charge in [0.15, 0.2) is 0 Å². The minimum Gasteiger partial charge on any atom is -0.465 e. The van der Waals surface area contributed by atoms with Crippen molar-refractivity contribution in [2.24, 2.45) is 5.73 Å². The number of nitriles is 1. The van der Waals surface area contributed by atoms with E-state index in [-0.39, 0.29) is 12.6 Å². The Labute approximate surface area is 64.8 Å². The highest BCUT2D eigenvalue weighted by Gasteiger charge is 2.07. The molecule has 0 fully saturated rings. The maximum atomic E-state index is 10.1. The molecule has 11 heavy (non-hydrogen) atoms. The Bertz CT molecular complexity index is 164. The molecule has 0 spiro atoms. The molecule has 0 aromatic heterocycles. The van der Waals surface area contributed by atoms with E-state index in [0.29, 0.717) is 12.8 Å². The van der Waals surface area contributed by atoms with Gasteiger partial charge in [0.25, 0.3) is 0 Å². The summed E-state index contributed by atoms with van der Waals surface area (Å²) >= 11 is 0. The van der Waals surface area contributed by atoms with Crippen molar-refractivity contribution in [1.82, 2.24) is 5.32 Å². The van der Waals surface area contributed by atoms with Gasteiger partial charge in [0.2, 0.25) is 0 Å². The number of hydrogen-bond acceptors (Lipinski definition) is 3. The molecule has 0 saturated carbocycles. The fourth-order valence-corrected chi connectivity index (χ4v) is 0.662. The third kappa shape index (κ3) is 5.18. The maximum Gasteiger partial charge on any atom is 0.404 e. The average molecular weight is 157 g/mol. The lowest BCUT2D eigenvalue weighted by molar-refractivity contribution is 0.189. The summed E-state index contributed by atoms with van der Waals surface area (Å²) in [5, 5.41) is 18.6. The van der Waals surface area contributed by atoms with E-state index in [9.17, 15) is 4.79 Å². The number of nitrogens with zero attached hydrogens (tertiary/aromatic N) is 1. The normalized spacial score (nSPS) is 11.6. The molecule has 0 radical (unpaired) electrons. The van der Waals surface area contributed by atoms with E-state index in [4.69, 9.17) is 16.1 Å². The van der Waals surface area contributed by atoms with E-state index in [1.54, 1.807) is 0 Å². The third-order valence-corrected chi connectivity index (χ3v) is 1.22. The lowest BCUT2D eigenvalue weighted by Gasteiger charge is -2.11. The molecule has 62 valence electrons. The Morgan fingerprint density at radius 3 is 2.82 bits per heavy atom. The highest BCUT2D eigenvalue weighted by Crippen LogP contribution is 1.93. The molecule has 1 amide bonds. The molecule has 0 bridgehead atoms. The minimum absolute atomic E-state index is 0.230. The summed E-state index contributed by atoms with van der Waals surface area (Å²) in [6.45, 7) is 0.230. The number of nitrogens with two attached hydrogens (primary N) is 1. The van der Waals surface area contributed by atoms with Crippen LogP contribution in [0.1, 0.15) is 12.8 Å². The van der Waals surface area contributed by atoms with Crippen molar-refractivity contribution in [3.63, 3.8) is 0 Å². The van der Waals surface area contributed by atoms with Crippen molar-refractivity contribution in [2.45, 2.75) is 18.9 Å². The summed E-state index contributed by atoms with van der Waals surface area (Å²) < 4.78 is 0. The SMILES string of the molecule is N#CCCC(CN)NC(=O)O. The van der Waals surface area contributed by atoms with Gasteiger partial charge >= 0.3 is 6.09 Å². The van der Waals surface area contributed by atoms with E-state index in [1.807, 2.05) is 6.07 Å². The van der Waals surface area contributed by atoms with Gasteiger partial charge in [0.1, 0.15) is 0 Å². The maximum absolute atomic E-state index is 10.1. The van der Waals surface area contributed by atoms with Gasteiger partial charge in [-0.3, -0.25) is 0 Å². The second-order valence-corrected chi connectivity index (χ2v) is 2.08. The lowest BCUT2D eigenvalue weighted by Crippen LogP contribution is -2.39. The third-order valence-electron chi connectivity index (χ3n) is 1.22. The summed E-state index contributed by atoms with van der Waals surface area (Å²) in [4.78, 5) is 10.1. The molecule has 0 rings (SSSR count). The van der Waals surface area contributed by atoms with Crippen LogP contribution in [-0.2, 0) is 0 Å². The fraction of sp³-hybridized carbons (Fsp3) is 0.667. The second-order valence-electron chi connectivity index (χ2n) is 2.08. The Kier molecular flexibility index (Phi) is 4.86. The minimum atomic E-state index is -1.10. The quantitative estimate of drug-likeness (QED) is 0.530. The first-order valence-electron chi connectivity index (χ1n) is 3.27. The van der Waals surface area contributed by atoms with Gasteiger partial charge < -0.3 is 16.2 Å². The first kappa shape index (κ1) is 9.72. The van der Waals surface area contributed by atoms with Crippen LogP contribution in [0, 0.1) is 11.3 Å². The van der Waals surface area contributed by atoms with Gasteiger partial charge in [-0.1, -0.05) is 0 Å². The Morgan fingerprint density at radius 1 is 1.82 bits per heavy atom. The number of carboxylic acid groups (broad SMARTS) is 1. The molecule has 0 saturated heterocycles. The Balaban J connectivity index is 3.59. The van der Waals surface area contributed by atoms with Crippen LogP contribution in [0.15, 0.2) is 0 Å². The van der Waals surface area contributed by atoms with Gasteiger partial charge in [-0.2, -0.15) is 5.26 Å². The molecule has 0 aliphatic rings. The predicted octanol–water partition coefficient (Wildman–Crippen LogP) is -0.115. The van der Waals surface area contributed by atoms with Crippen molar-refractivity contribution in [1.29, 1.82) is 5.26 Å². The number of amides is 1. The highest BCUT2D eigenvalue weighted by molar-refractivity contribution is 5.64. The van der Waals surface area contributed by atoms with Crippen LogP contribution in [0.5, 0.6) is 0 Å². The zero-order valence-electron chi connectivity index (χ0n) is 6.08. The first-order chi connectivity index (χ1) is 5.20. The molecule has 0 aromatic rings. The molecular weight excluding hydrogens is 146 g/mol. The van der Waals surface area contributed by atoms with Crippen molar-refractivity contribution < 1.29 is 9.90 Å². The Morgan fingerprint density at radius 2 is 2.45 bits per heavy atom. The number of nitrogens with one attached hydrogen (secondary N) is 1. The summed E-state index contributed by atoms with van der Waals surface area (Å²) in [6.07, 6.45) is -0.306. The number of carbonyl (C=O) groups is 1. The average Bonchev–Trinajstić information content (AvgIpc) is 1.97. The van der Waals surface area contributed by atoms with Crippen LogP contribution in [0.25, 0.3) is 0 Å². The van der Waals surface area contributed by atoms with Crippen molar-refractivity contribution in [2.75, 3.05) is 6.54 Å².